The van der Waals surface area contributed by atoms with E-state index in [0.717, 1.165) is 13.0 Å². The second-order valence-corrected chi connectivity index (χ2v) is 6.33. The molecule has 0 aliphatic carbocycles. The van der Waals surface area contributed by atoms with Gasteiger partial charge >= 0.3 is 0 Å². The molecule has 1 aromatic heterocycles. The molecule has 0 saturated carbocycles. The Kier molecular flexibility index (Phi) is 4.79. The van der Waals surface area contributed by atoms with Crippen LogP contribution in [-0.4, -0.2) is 28.5 Å². The van der Waals surface area contributed by atoms with Gasteiger partial charge in [0.05, 0.1) is 0 Å². The number of aromatic nitrogens is 2. The molecule has 0 bridgehead atoms. The summed E-state index contributed by atoms with van der Waals surface area (Å²) in [7, 11) is 1.87. The molecule has 0 radical (unpaired) electrons. The van der Waals surface area contributed by atoms with Crippen LogP contribution in [0.1, 0.15) is 34.1 Å². The van der Waals surface area contributed by atoms with Gasteiger partial charge in [0.2, 0.25) is 0 Å². The molecule has 1 unspecified atom stereocenters. The molecule has 0 aromatic carbocycles. The van der Waals surface area contributed by atoms with Crippen LogP contribution < -0.4 is 10.5 Å². The molecule has 18 heavy (non-hydrogen) atoms. The lowest BCUT2D eigenvalue weighted by molar-refractivity contribution is 0.382. The van der Waals surface area contributed by atoms with Gasteiger partial charge in [-0.05, 0) is 34.1 Å². The molecule has 0 N–H and O–H groups in total. The fourth-order valence-electron chi connectivity index (χ4n) is 1.67. The third-order valence-electron chi connectivity index (χ3n) is 2.77. The first-order chi connectivity index (χ1) is 8.23. The largest absolute Gasteiger partial charge is 0.355 e. The molecule has 0 aliphatic rings. The van der Waals surface area contributed by atoms with E-state index in [1.165, 1.54) is 0 Å². The lowest BCUT2D eigenvalue weighted by Crippen LogP contribution is -2.38. The highest BCUT2D eigenvalue weighted by molar-refractivity contribution is 6.20. The van der Waals surface area contributed by atoms with Gasteiger partial charge in [0.1, 0.15) is 0 Å². The summed E-state index contributed by atoms with van der Waals surface area (Å²) in [5.41, 5.74) is -0.301. The number of nitrogens with zero attached hydrogens (tertiary/aromatic N) is 3. The average molecular weight is 272 g/mol. The quantitative estimate of drug-likeness (QED) is 0.790. The molecule has 1 heterocycles. The fraction of sp³-hybridized carbons (Fsp3) is 0.692. The van der Waals surface area contributed by atoms with E-state index in [-0.39, 0.29) is 16.5 Å². The Labute approximate surface area is 114 Å². The van der Waals surface area contributed by atoms with E-state index in [2.05, 4.69) is 4.98 Å². The molecule has 4 nitrogen and oxygen atoms in total. The van der Waals surface area contributed by atoms with Crippen LogP contribution in [0.3, 0.4) is 0 Å². The van der Waals surface area contributed by atoms with E-state index in [9.17, 15) is 4.79 Å². The minimum atomic E-state index is -0.241. The minimum Gasteiger partial charge on any atom is -0.355 e. The third-order valence-corrected chi connectivity index (χ3v) is 2.99. The predicted molar refractivity (Wildman–Crippen MR) is 76.7 cm³/mol. The fourth-order valence-corrected chi connectivity index (χ4v) is 1.77. The van der Waals surface area contributed by atoms with Gasteiger partial charge in [0, 0.05) is 36.9 Å². The SMILES string of the molecule is CC(Cl)CCN(C)c1nccn(C(C)(C)C)c1=O. The Morgan fingerprint density at radius 1 is 1.50 bits per heavy atom. The van der Waals surface area contributed by atoms with E-state index in [1.807, 2.05) is 39.6 Å². The number of rotatable bonds is 4. The number of hydrogen-bond donors (Lipinski definition) is 0. The van der Waals surface area contributed by atoms with E-state index < -0.39 is 0 Å². The van der Waals surface area contributed by atoms with Gasteiger partial charge in [-0.3, -0.25) is 4.79 Å². The van der Waals surface area contributed by atoms with Crippen molar-refractivity contribution in [3.8, 4) is 0 Å². The summed E-state index contributed by atoms with van der Waals surface area (Å²) >= 11 is 5.92. The molecule has 1 atom stereocenters. The zero-order chi connectivity index (χ0) is 13.9. The van der Waals surface area contributed by atoms with Crippen molar-refractivity contribution in [3.05, 3.63) is 22.7 Å². The summed E-state index contributed by atoms with van der Waals surface area (Å²) < 4.78 is 1.70. The first-order valence-corrected chi connectivity index (χ1v) is 6.60. The van der Waals surface area contributed by atoms with Crippen molar-refractivity contribution < 1.29 is 0 Å². The van der Waals surface area contributed by atoms with E-state index >= 15 is 0 Å². The maximum absolute atomic E-state index is 12.3. The van der Waals surface area contributed by atoms with Gasteiger partial charge in [-0.15, -0.1) is 11.6 Å². The molecule has 1 aromatic rings. The maximum atomic E-state index is 12.3. The summed E-state index contributed by atoms with van der Waals surface area (Å²) in [4.78, 5) is 18.4. The summed E-state index contributed by atoms with van der Waals surface area (Å²) in [6.07, 6.45) is 4.22. The van der Waals surface area contributed by atoms with Gasteiger partial charge in [-0.25, -0.2) is 4.98 Å². The molecular formula is C13H22ClN3O. The first-order valence-electron chi connectivity index (χ1n) is 6.17. The highest BCUT2D eigenvalue weighted by atomic mass is 35.5. The van der Waals surface area contributed by atoms with Crippen LogP contribution in [0.5, 0.6) is 0 Å². The Hall–Kier alpha value is -1.03. The molecule has 0 amide bonds. The molecule has 0 saturated heterocycles. The monoisotopic (exact) mass is 271 g/mol. The van der Waals surface area contributed by atoms with E-state index in [0.29, 0.717) is 5.82 Å². The summed E-state index contributed by atoms with van der Waals surface area (Å²) in [5, 5.41) is 0.0982. The standard InChI is InChI=1S/C13H22ClN3O/c1-10(14)6-8-16(5)11-12(18)17(9-7-15-11)13(2,3)4/h7,9-10H,6,8H2,1-5H3. The first kappa shape index (κ1) is 15.0. The number of anilines is 1. The van der Waals surface area contributed by atoms with Crippen molar-refractivity contribution in [2.45, 2.75) is 45.0 Å². The smallest absolute Gasteiger partial charge is 0.293 e. The van der Waals surface area contributed by atoms with Gasteiger partial charge in [-0.1, -0.05) is 0 Å². The van der Waals surface area contributed by atoms with Crippen LogP contribution in [0.2, 0.25) is 0 Å². The predicted octanol–water partition coefficient (Wildman–Crippen LogP) is 2.45. The van der Waals surface area contributed by atoms with Crippen molar-refractivity contribution >= 4 is 17.4 Å². The number of hydrogen-bond acceptors (Lipinski definition) is 3. The van der Waals surface area contributed by atoms with Crippen LogP contribution in [0.25, 0.3) is 0 Å². The molecule has 0 spiro atoms. The van der Waals surface area contributed by atoms with Crippen LogP contribution in [0, 0.1) is 0 Å². The van der Waals surface area contributed by atoms with Crippen LogP contribution in [0.4, 0.5) is 5.82 Å². The second-order valence-electron chi connectivity index (χ2n) is 5.59. The normalized spacial score (nSPS) is 13.4. The van der Waals surface area contributed by atoms with E-state index in [4.69, 9.17) is 11.6 Å². The Bertz CT molecular complexity index is 448. The zero-order valence-electron chi connectivity index (χ0n) is 11.8. The molecule has 0 fully saturated rings. The zero-order valence-corrected chi connectivity index (χ0v) is 12.5. The number of alkyl halides is 1. The van der Waals surface area contributed by atoms with Gasteiger partial charge in [0.15, 0.2) is 5.82 Å². The van der Waals surface area contributed by atoms with E-state index in [1.54, 1.807) is 17.0 Å². The molecule has 0 aliphatic heterocycles. The van der Waals surface area contributed by atoms with Crippen LogP contribution in [0.15, 0.2) is 17.2 Å². The molecule has 1 rings (SSSR count). The number of halogens is 1. The van der Waals surface area contributed by atoms with Crippen molar-refractivity contribution in [2.75, 3.05) is 18.5 Å². The molecule has 102 valence electrons. The van der Waals surface area contributed by atoms with Crippen LogP contribution >= 0.6 is 11.6 Å². The summed E-state index contributed by atoms with van der Waals surface area (Å²) in [5.74, 6) is 0.477. The molecular weight excluding hydrogens is 250 g/mol. The average Bonchev–Trinajstić information content (AvgIpc) is 2.24. The summed E-state index contributed by atoms with van der Waals surface area (Å²) in [6.45, 7) is 8.67. The Morgan fingerprint density at radius 3 is 2.61 bits per heavy atom. The van der Waals surface area contributed by atoms with Crippen molar-refractivity contribution in [1.82, 2.24) is 9.55 Å². The van der Waals surface area contributed by atoms with Crippen LogP contribution in [-0.2, 0) is 5.54 Å². The minimum absolute atomic E-state index is 0.0604. The maximum Gasteiger partial charge on any atom is 0.293 e. The topological polar surface area (TPSA) is 38.1 Å². The lowest BCUT2D eigenvalue weighted by Gasteiger charge is -2.25. The summed E-state index contributed by atoms with van der Waals surface area (Å²) in [6, 6.07) is 0. The lowest BCUT2D eigenvalue weighted by atomic mass is 10.1. The highest BCUT2D eigenvalue weighted by Crippen LogP contribution is 2.12. The molecule has 5 heteroatoms. The Morgan fingerprint density at radius 2 is 2.11 bits per heavy atom. The highest BCUT2D eigenvalue weighted by Gasteiger charge is 2.18. The van der Waals surface area contributed by atoms with Gasteiger partial charge in [-0.2, -0.15) is 0 Å². The second kappa shape index (κ2) is 5.74. The Balaban J connectivity index is 3.01. The van der Waals surface area contributed by atoms with Gasteiger partial charge < -0.3 is 9.47 Å². The third kappa shape index (κ3) is 3.73. The van der Waals surface area contributed by atoms with Crippen molar-refractivity contribution in [1.29, 1.82) is 0 Å². The van der Waals surface area contributed by atoms with Crippen molar-refractivity contribution in [2.24, 2.45) is 0 Å². The van der Waals surface area contributed by atoms with Crippen molar-refractivity contribution in [3.63, 3.8) is 0 Å². The van der Waals surface area contributed by atoms with Gasteiger partial charge in [0.25, 0.3) is 5.56 Å².